The van der Waals surface area contributed by atoms with Gasteiger partial charge in [-0.2, -0.15) is 0 Å². The van der Waals surface area contributed by atoms with E-state index in [1.807, 2.05) is 6.92 Å². The van der Waals surface area contributed by atoms with E-state index in [2.05, 4.69) is 17.5 Å². The van der Waals surface area contributed by atoms with Gasteiger partial charge in [-0.15, -0.1) is 0 Å². The van der Waals surface area contributed by atoms with Crippen molar-refractivity contribution in [1.29, 1.82) is 0 Å². The number of halogens is 2. The molecule has 3 atom stereocenters. The molecule has 0 radical (unpaired) electrons. The summed E-state index contributed by atoms with van der Waals surface area (Å²) < 4.78 is 0. The van der Waals surface area contributed by atoms with Crippen LogP contribution in [0.4, 0.5) is 11.4 Å². The van der Waals surface area contributed by atoms with Gasteiger partial charge in [-0.3, -0.25) is 10.1 Å². The number of hydrogen-bond donors (Lipinski definition) is 2. The number of rotatable bonds is 2. The summed E-state index contributed by atoms with van der Waals surface area (Å²) in [6.07, 6.45) is 4.97. The first kappa shape index (κ1) is 17.2. The molecular formula is C19H16Cl2N2O3. The van der Waals surface area contributed by atoms with Crippen LogP contribution >= 0.6 is 23.2 Å². The Morgan fingerprint density at radius 1 is 1.23 bits per heavy atom. The predicted molar refractivity (Wildman–Crippen MR) is 102 cm³/mol. The summed E-state index contributed by atoms with van der Waals surface area (Å²) >= 11 is 12.3. The first-order chi connectivity index (χ1) is 12.4. The maximum atomic E-state index is 11.2. The Balaban J connectivity index is 1.87. The number of benzene rings is 2. The Hall–Kier alpha value is -2.24. The number of phenols is 1. The van der Waals surface area contributed by atoms with Crippen molar-refractivity contribution in [3.63, 3.8) is 0 Å². The largest absolute Gasteiger partial charge is 0.506 e. The van der Waals surface area contributed by atoms with E-state index in [9.17, 15) is 15.2 Å². The summed E-state index contributed by atoms with van der Waals surface area (Å²) in [5.41, 5.74) is 3.31. The number of nitrogens with one attached hydrogen (secondary N) is 1. The quantitative estimate of drug-likeness (QED) is 0.389. The lowest BCUT2D eigenvalue weighted by molar-refractivity contribution is -0.385. The Bertz CT molecular complexity index is 958. The van der Waals surface area contributed by atoms with E-state index in [0.29, 0.717) is 10.6 Å². The van der Waals surface area contributed by atoms with Crippen molar-refractivity contribution in [2.75, 3.05) is 5.32 Å². The second-order valence-corrected chi connectivity index (χ2v) is 7.63. The highest BCUT2D eigenvalue weighted by Crippen LogP contribution is 2.53. The molecule has 1 heterocycles. The smallest absolute Gasteiger partial charge is 0.270 e. The van der Waals surface area contributed by atoms with Crippen LogP contribution in [0.15, 0.2) is 36.4 Å². The molecule has 0 spiro atoms. The van der Waals surface area contributed by atoms with Gasteiger partial charge in [0.25, 0.3) is 5.69 Å². The molecule has 7 heteroatoms. The van der Waals surface area contributed by atoms with Crippen LogP contribution in [0.5, 0.6) is 5.75 Å². The standard InChI is InChI=1S/C19H16Cl2N2O3/c1-9-5-11(23(25)26)8-14-12-3-2-4-13(12)18(22-17(9)14)15-6-10(20)7-16(21)19(15)24/h2-3,5-8,12-13,18,22,24H,4H2,1H3. The Kier molecular flexibility index (Phi) is 4.09. The van der Waals surface area contributed by atoms with Crippen molar-refractivity contribution >= 4 is 34.6 Å². The zero-order chi connectivity index (χ0) is 18.6. The SMILES string of the molecule is Cc1cc([N+](=O)[O-])cc2c1NC(c1cc(Cl)cc(Cl)c1O)C1CC=CC21. The van der Waals surface area contributed by atoms with Gasteiger partial charge in [0.1, 0.15) is 5.75 Å². The number of non-ortho nitro benzene ring substituents is 1. The van der Waals surface area contributed by atoms with Crippen molar-refractivity contribution in [2.45, 2.75) is 25.3 Å². The van der Waals surface area contributed by atoms with Gasteiger partial charge >= 0.3 is 0 Å². The third-order valence-corrected chi connectivity index (χ3v) is 5.76. The van der Waals surface area contributed by atoms with Crippen LogP contribution in [0, 0.1) is 23.0 Å². The minimum absolute atomic E-state index is 0.0160. The monoisotopic (exact) mass is 390 g/mol. The highest BCUT2D eigenvalue weighted by molar-refractivity contribution is 6.35. The lowest BCUT2D eigenvalue weighted by Gasteiger charge is -2.38. The average Bonchev–Trinajstić information content (AvgIpc) is 3.07. The van der Waals surface area contributed by atoms with Crippen LogP contribution in [0.2, 0.25) is 10.0 Å². The molecule has 26 heavy (non-hydrogen) atoms. The minimum atomic E-state index is -0.365. The van der Waals surface area contributed by atoms with Gasteiger partial charge in [0, 0.05) is 34.3 Å². The molecule has 3 unspecified atom stereocenters. The predicted octanol–water partition coefficient (Wildman–Crippen LogP) is 5.74. The van der Waals surface area contributed by atoms with Gasteiger partial charge in [0.15, 0.2) is 0 Å². The molecule has 0 fully saturated rings. The van der Waals surface area contributed by atoms with Gasteiger partial charge in [0.05, 0.1) is 16.0 Å². The number of anilines is 1. The number of fused-ring (bicyclic) bond motifs is 3. The molecule has 0 amide bonds. The fraction of sp³-hybridized carbons (Fsp3) is 0.263. The van der Waals surface area contributed by atoms with Gasteiger partial charge in [-0.25, -0.2) is 0 Å². The van der Waals surface area contributed by atoms with Crippen LogP contribution in [0.25, 0.3) is 0 Å². The lowest BCUT2D eigenvalue weighted by atomic mass is 9.76. The third kappa shape index (κ3) is 2.63. The van der Waals surface area contributed by atoms with Crippen LogP contribution in [0.3, 0.4) is 0 Å². The molecule has 2 aromatic carbocycles. The number of phenolic OH excluding ortho intramolecular Hbond substituents is 1. The molecule has 2 N–H and O–H groups in total. The summed E-state index contributed by atoms with van der Waals surface area (Å²) in [5.74, 6) is 0.165. The highest BCUT2D eigenvalue weighted by Gasteiger charge is 2.40. The number of nitro benzene ring substituents is 1. The Morgan fingerprint density at radius 3 is 2.73 bits per heavy atom. The van der Waals surface area contributed by atoms with E-state index >= 15 is 0 Å². The highest BCUT2D eigenvalue weighted by atomic mass is 35.5. The van der Waals surface area contributed by atoms with E-state index in [-0.39, 0.29) is 39.3 Å². The van der Waals surface area contributed by atoms with E-state index in [0.717, 1.165) is 23.2 Å². The van der Waals surface area contributed by atoms with Crippen molar-refractivity contribution in [1.82, 2.24) is 0 Å². The van der Waals surface area contributed by atoms with Crippen molar-refractivity contribution in [2.24, 2.45) is 5.92 Å². The van der Waals surface area contributed by atoms with Crippen LogP contribution in [-0.2, 0) is 0 Å². The molecule has 2 aromatic rings. The number of hydrogen-bond acceptors (Lipinski definition) is 4. The van der Waals surface area contributed by atoms with Gasteiger partial charge < -0.3 is 10.4 Å². The maximum absolute atomic E-state index is 11.2. The number of allylic oxidation sites excluding steroid dienone is 2. The van der Waals surface area contributed by atoms with Crippen LogP contribution in [-0.4, -0.2) is 10.0 Å². The Morgan fingerprint density at radius 2 is 2.00 bits per heavy atom. The zero-order valence-corrected chi connectivity index (χ0v) is 15.4. The summed E-state index contributed by atoms with van der Waals surface area (Å²) in [5, 5.41) is 25.9. The summed E-state index contributed by atoms with van der Waals surface area (Å²) in [6.45, 7) is 1.85. The zero-order valence-electron chi connectivity index (χ0n) is 13.9. The molecule has 0 aromatic heterocycles. The number of nitrogens with zero attached hydrogens (tertiary/aromatic N) is 1. The number of nitro groups is 1. The van der Waals surface area contributed by atoms with E-state index in [4.69, 9.17) is 23.2 Å². The molecule has 1 aliphatic carbocycles. The fourth-order valence-corrected chi connectivity index (χ4v) is 4.61. The molecule has 5 nitrogen and oxygen atoms in total. The molecule has 0 saturated heterocycles. The normalized spacial score (nSPS) is 23.3. The van der Waals surface area contributed by atoms with Gasteiger partial charge in [0.2, 0.25) is 0 Å². The molecule has 0 saturated carbocycles. The molecule has 1 aliphatic heterocycles. The summed E-state index contributed by atoms with van der Waals surface area (Å²) in [4.78, 5) is 10.9. The van der Waals surface area contributed by atoms with Gasteiger partial charge in [-0.1, -0.05) is 35.4 Å². The molecule has 4 rings (SSSR count). The number of aryl methyl sites for hydroxylation is 1. The number of aromatic hydroxyl groups is 1. The molecule has 134 valence electrons. The molecule has 0 bridgehead atoms. The van der Waals surface area contributed by atoms with Crippen molar-refractivity contribution in [3.8, 4) is 5.75 Å². The van der Waals surface area contributed by atoms with E-state index in [1.54, 1.807) is 18.2 Å². The second kappa shape index (κ2) is 6.18. The van der Waals surface area contributed by atoms with Crippen molar-refractivity contribution < 1.29 is 10.0 Å². The van der Waals surface area contributed by atoms with E-state index in [1.165, 1.54) is 6.07 Å². The van der Waals surface area contributed by atoms with E-state index < -0.39 is 0 Å². The first-order valence-electron chi connectivity index (χ1n) is 8.27. The first-order valence-corrected chi connectivity index (χ1v) is 9.02. The fourth-order valence-electron chi connectivity index (χ4n) is 4.10. The van der Waals surface area contributed by atoms with Crippen LogP contribution < -0.4 is 5.32 Å². The summed E-state index contributed by atoms with van der Waals surface area (Å²) in [7, 11) is 0. The average molecular weight is 391 g/mol. The van der Waals surface area contributed by atoms with Crippen molar-refractivity contribution in [3.05, 3.63) is 73.3 Å². The molecular weight excluding hydrogens is 375 g/mol. The Labute approximate surface area is 160 Å². The maximum Gasteiger partial charge on any atom is 0.270 e. The third-order valence-electron chi connectivity index (χ3n) is 5.25. The lowest BCUT2D eigenvalue weighted by Crippen LogP contribution is -2.29. The summed E-state index contributed by atoms with van der Waals surface area (Å²) in [6, 6.07) is 6.24. The topological polar surface area (TPSA) is 75.4 Å². The van der Waals surface area contributed by atoms with Gasteiger partial charge in [-0.05, 0) is 42.5 Å². The second-order valence-electron chi connectivity index (χ2n) is 6.78. The minimum Gasteiger partial charge on any atom is -0.506 e. The molecule has 2 aliphatic rings. The van der Waals surface area contributed by atoms with Crippen LogP contribution in [0.1, 0.15) is 35.1 Å².